The van der Waals surface area contributed by atoms with Gasteiger partial charge < -0.3 is 14.8 Å². The van der Waals surface area contributed by atoms with Gasteiger partial charge in [0.25, 0.3) is 10.0 Å². The molecule has 2 aromatic rings. The fourth-order valence-corrected chi connectivity index (χ4v) is 6.74. The van der Waals surface area contributed by atoms with Crippen molar-refractivity contribution >= 4 is 33.4 Å². The van der Waals surface area contributed by atoms with Crippen molar-refractivity contribution in [3.8, 4) is 11.5 Å². The molecule has 1 fully saturated rings. The minimum Gasteiger partial charge on any atom is -0.486 e. The van der Waals surface area contributed by atoms with E-state index >= 15 is 0 Å². The van der Waals surface area contributed by atoms with Crippen LogP contribution in [0.5, 0.6) is 11.5 Å². The predicted molar refractivity (Wildman–Crippen MR) is 131 cm³/mol. The Morgan fingerprint density at radius 2 is 1.82 bits per heavy atom. The van der Waals surface area contributed by atoms with E-state index in [1.807, 2.05) is 11.8 Å². The lowest BCUT2D eigenvalue weighted by Crippen LogP contribution is -2.41. The average molecular weight is 509 g/mol. The molecular formula is C24H29FN2O5S2. The molecule has 2 aromatic carbocycles. The first-order valence-corrected chi connectivity index (χ1v) is 14.0. The van der Waals surface area contributed by atoms with Crippen molar-refractivity contribution in [2.45, 2.75) is 42.2 Å². The van der Waals surface area contributed by atoms with Gasteiger partial charge in [0.1, 0.15) is 25.6 Å². The highest BCUT2D eigenvalue weighted by Gasteiger charge is 2.29. The van der Waals surface area contributed by atoms with Crippen molar-refractivity contribution in [1.82, 2.24) is 5.32 Å². The standard InChI is InChI=1S/C24H29FN2O5S2/c25-18-5-4-6-19(15-18)27(17-24(28)26-11-14-33-20-7-2-1-3-8-20)34(29,30)21-9-10-22-23(16-21)32-13-12-31-22/h4-6,9-10,15-16,20H,1-3,7-8,11-14,17H2,(H,26,28). The molecular weight excluding hydrogens is 479 g/mol. The minimum atomic E-state index is -4.18. The Kier molecular flexibility index (Phi) is 8.20. The molecule has 0 aromatic heterocycles. The fraction of sp³-hybridized carbons (Fsp3) is 0.458. The molecule has 0 atom stereocenters. The van der Waals surface area contributed by atoms with Gasteiger partial charge in [0, 0.05) is 23.6 Å². The topological polar surface area (TPSA) is 84.9 Å². The largest absolute Gasteiger partial charge is 0.486 e. The van der Waals surface area contributed by atoms with Crippen LogP contribution in [0.1, 0.15) is 32.1 Å². The Morgan fingerprint density at radius 3 is 2.59 bits per heavy atom. The number of carbonyl (C=O) groups excluding carboxylic acids is 1. The van der Waals surface area contributed by atoms with Crippen molar-refractivity contribution in [2.24, 2.45) is 0 Å². The van der Waals surface area contributed by atoms with Crippen LogP contribution in [0.3, 0.4) is 0 Å². The molecule has 0 spiro atoms. The summed E-state index contributed by atoms with van der Waals surface area (Å²) in [5, 5.41) is 3.44. The summed E-state index contributed by atoms with van der Waals surface area (Å²) in [6, 6.07) is 9.49. The van der Waals surface area contributed by atoms with E-state index in [0.29, 0.717) is 36.5 Å². The second-order valence-corrected chi connectivity index (χ2v) is 11.5. The summed E-state index contributed by atoms with van der Waals surface area (Å²) in [6.07, 6.45) is 6.22. The van der Waals surface area contributed by atoms with Crippen LogP contribution in [0, 0.1) is 5.82 Å². The van der Waals surface area contributed by atoms with Gasteiger partial charge in [-0.25, -0.2) is 12.8 Å². The van der Waals surface area contributed by atoms with Gasteiger partial charge in [0.15, 0.2) is 11.5 Å². The Hall–Kier alpha value is -2.46. The number of nitrogens with one attached hydrogen (secondary N) is 1. The molecule has 1 amide bonds. The number of rotatable bonds is 9. The number of hydrogen-bond donors (Lipinski definition) is 1. The summed E-state index contributed by atoms with van der Waals surface area (Å²) in [6.45, 7) is 0.675. The molecule has 184 valence electrons. The van der Waals surface area contributed by atoms with Crippen molar-refractivity contribution < 1.29 is 27.1 Å². The summed E-state index contributed by atoms with van der Waals surface area (Å²) in [5.74, 6) is 0.496. The van der Waals surface area contributed by atoms with Gasteiger partial charge in [-0.05, 0) is 43.2 Å². The Balaban J connectivity index is 1.47. The van der Waals surface area contributed by atoms with Gasteiger partial charge in [0.05, 0.1) is 10.6 Å². The maximum Gasteiger partial charge on any atom is 0.264 e. The van der Waals surface area contributed by atoms with Crippen LogP contribution in [-0.4, -0.2) is 51.6 Å². The molecule has 7 nitrogen and oxygen atoms in total. The average Bonchev–Trinajstić information content (AvgIpc) is 2.85. The molecule has 4 rings (SSSR count). The zero-order valence-electron chi connectivity index (χ0n) is 18.9. The highest BCUT2D eigenvalue weighted by atomic mass is 32.2. The monoisotopic (exact) mass is 508 g/mol. The summed E-state index contributed by atoms with van der Waals surface area (Å²) in [4.78, 5) is 12.6. The lowest BCUT2D eigenvalue weighted by molar-refractivity contribution is -0.119. The van der Waals surface area contributed by atoms with Crippen molar-refractivity contribution in [3.05, 3.63) is 48.3 Å². The summed E-state index contributed by atoms with van der Waals surface area (Å²) >= 11 is 1.85. The molecule has 34 heavy (non-hydrogen) atoms. The molecule has 1 heterocycles. The third-order valence-corrected chi connectivity index (χ3v) is 8.97. The van der Waals surface area contributed by atoms with Crippen molar-refractivity contribution in [3.63, 3.8) is 0 Å². The van der Waals surface area contributed by atoms with Gasteiger partial charge in [-0.2, -0.15) is 11.8 Å². The first-order chi connectivity index (χ1) is 16.4. The van der Waals surface area contributed by atoms with Gasteiger partial charge in [-0.1, -0.05) is 25.3 Å². The van der Waals surface area contributed by atoms with E-state index in [1.165, 1.54) is 68.5 Å². The molecule has 0 saturated heterocycles. The van der Waals surface area contributed by atoms with Crippen LogP contribution in [0.15, 0.2) is 47.4 Å². The molecule has 10 heteroatoms. The first kappa shape index (κ1) is 24.7. The number of ether oxygens (including phenoxy) is 2. The number of nitrogens with zero attached hydrogens (tertiary/aromatic N) is 1. The van der Waals surface area contributed by atoms with Gasteiger partial charge in [-0.3, -0.25) is 9.10 Å². The van der Waals surface area contributed by atoms with Crippen LogP contribution in [0.25, 0.3) is 0 Å². The predicted octanol–water partition coefficient (Wildman–Crippen LogP) is 3.97. The molecule has 2 aliphatic rings. The van der Waals surface area contributed by atoms with Gasteiger partial charge >= 0.3 is 0 Å². The number of halogens is 1. The molecule has 1 saturated carbocycles. The van der Waals surface area contributed by atoms with E-state index in [2.05, 4.69) is 5.32 Å². The number of sulfonamides is 1. The van der Waals surface area contributed by atoms with E-state index in [1.54, 1.807) is 0 Å². The van der Waals surface area contributed by atoms with Gasteiger partial charge in [-0.15, -0.1) is 0 Å². The number of thioether (sulfide) groups is 1. The lowest BCUT2D eigenvalue weighted by Gasteiger charge is -2.25. The van der Waals surface area contributed by atoms with Crippen molar-refractivity contribution in [1.29, 1.82) is 0 Å². The number of amides is 1. The number of fused-ring (bicyclic) bond motifs is 1. The number of hydrogen-bond acceptors (Lipinski definition) is 6. The number of anilines is 1. The normalized spacial score (nSPS) is 16.1. The van der Waals surface area contributed by atoms with E-state index in [4.69, 9.17) is 9.47 Å². The Bertz CT molecular complexity index is 1110. The van der Waals surface area contributed by atoms with Crippen LogP contribution >= 0.6 is 11.8 Å². The van der Waals surface area contributed by atoms with E-state index in [-0.39, 0.29) is 10.6 Å². The smallest absolute Gasteiger partial charge is 0.264 e. The van der Waals surface area contributed by atoms with Crippen LogP contribution in [0.2, 0.25) is 0 Å². The Morgan fingerprint density at radius 1 is 1.06 bits per heavy atom. The third-order valence-electron chi connectivity index (χ3n) is 5.82. The second-order valence-electron chi connectivity index (χ2n) is 8.28. The quantitative estimate of drug-likeness (QED) is 0.516. The highest BCUT2D eigenvalue weighted by molar-refractivity contribution is 7.99. The summed E-state index contributed by atoms with van der Waals surface area (Å²) in [5.41, 5.74) is 0.0709. The highest BCUT2D eigenvalue weighted by Crippen LogP contribution is 2.34. The lowest BCUT2D eigenvalue weighted by atomic mass is 10.0. The summed E-state index contributed by atoms with van der Waals surface area (Å²) < 4.78 is 52.9. The van der Waals surface area contributed by atoms with E-state index in [9.17, 15) is 17.6 Å². The number of carbonyl (C=O) groups is 1. The van der Waals surface area contributed by atoms with Crippen LogP contribution in [0.4, 0.5) is 10.1 Å². The first-order valence-electron chi connectivity index (χ1n) is 11.5. The third kappa shape index (κ3) is 6.15. The van der Waals surface area contributed by atoms with Crippen LogP contribution in [-0.2, 0) is 14.8 Å². The van der Waals surface area contributed by atoms with E-state index < -0.39 is 28.3 Å². The Labute approximate surface area is 204 Å². The second kappa shape index (κ2) is 11.3. The molecule has 0 unspecified atom stereocenters. The maximum absolute atomic E-state index is 13.9. The molecule has 1 N–H and O–H groups in total. The number of benzene rings is 2. The molecule has 1 aliphatic carbocycles. The fourth-order valence-electron chi connectivity index (χ4n) is 4.09. The summed E-state index contributed by atoms with van der Waals surface area (Å²) in [7, 11) is -4.18. The van der Waals surface area contributed by atoms with Crippen molar-refractivity contribution in [2.75, 3.05) is 36.4 Å². The molecule has 0 bridgehead atoms. The maximum atomic E-state index is 13.9. The minimum absolute atomic E-state index is 0.0679. The molecule has 1 aliphatic heterocycles. The zero-order valence-corrected chi connectivity index (χ0v) is 20.5. The zero-order chi connectivity index (χ0) is 24.0. The SMILES string of the molecule is O=C(CN(c1cccc(F)c1)S(=O)(=O)c1ccc2c(c1)OCCO2)NCCSC1CCCCC1. The van der Waals surface area contributed by atoms with Crippen LogP contribution < -0.4 is 19.1 Å². The van der Waals surface area contributed by atoms with E-state index in [0.717, 1.165) is 16.1 Å². The van der Waals surface area contributed by atoms with Gasteiger partial charge in [0.2, 0.25) is 5.91 Å². The molecule has 0 radical (unpaired) electrons.